The Morgan fingerprint density at radius 3 is 2.72 bits per heavy atom. The molecule has 0 radical (unpaired) electrons. The highest BCUT2D eigenvalue weighted by Crippen LogP contribution is 2.18. The molecule has 0 aliphatic rings. The minimum absolute atomic E-state index is 0. The molecule has 1 aromatic carbocycles. The minimum atomic E-state index is 0. The first-order valence-electron chi connectivity index (χ1n) is 8.24. The van der Waals surface area contributed by atoms with Crippen LogP contribution in [0.25, 0.3) is 11.0 Å². The number of halogens is 1. The van der Waals surface area contributed by atoms with E-state index < -0.39 is 0 Å². The Bertz CT molecular complexity index is 768. The minimum Gasteiger partial charge on any atom is -0.461 e. The molecule has 3 aromatic rings. The van der Waals surface area contributed by atoms with Crippen molar-refractivity contribution < 1.29 is 4.42 Å². The number of aromatic nitrogens is 1. The second kappa shape index (κ2) is 10.0. The number of rotatable bonds is 6. The van der Waals surface area contributed by atoms with Crippen molar-refractivity contribution in [1.29, 1.82) is 0 Å². The highest BCUT2D eigenvalue weighted by molar-refractivity contribution is 14.0. The van der Waals surface area contributed by atoms with Gasteiger partial charge in [0.05, 0.1) is 12.2 Å². The molecule has 0 saturated heterocycles. The summed E-state index contributed by atoms with van der Waals surface area (Å²) in [7, 11) is 0. The summed E-state index contributed by atoms with van der Waals surface area (Å²) in [6, 6.07) is 16.0. The molecule has 0 aliphatic carbocycles. The van der Waals surface area contributed by atoms with Gasteiger partial charge in [0.25, 0.3) is 0 Å². The standard InChI is InChI=1S/C19H22N4O.HI/c1-2-20-19(23-14-16-8-5-6-11-21-16)22-12-10-17-13-15-7-3-4-9-18(15)24-17;/h3-9,11,13H,2,10,12,14H2,1H3,(H2,20,22,23);1H. The van der Waals surface area contributed by atoms with E-state index in [9.17, 15) is 0 Å². The van der Waals surface area contributed by atoms with Crippen LogP contribution in [-0.2, 0) is 13.0 Å². The summed E-state index contributed by atoms with van der Waals surface area (Å²) < 4.78 is 5.83. The van der Waals surface area contributed by atoms with Gasteiger partial charge in [-0.15, -0.1) is 24.0 Å². The molecule has 5 nitrogen and oxygen atoms in total. The second-order valence-corrected chi connectivity index (χ2v) is 5.44. The quantitative estimate of drug-likeness (QED) is 0.341. The predicted molar refractivity (Wildman–Crippen MR) is 112 cm³/mol. The highest BCUT2D eigenvalue weighted by Gasteiger charge is 2.04. The zero-order chi connectivity index (χ0) is 16.6. The molecule has 25 heavy (non-hydrogen) atoms. The van der Waals surface area contributed by atoms with Crippen LogP contribution in [-0.4, -0.2) is 24.0 Å². The number of hydrogen-bond donors (Lipinski definition) is 2. The molecular weight excluding hydrogens is 427 g/mol. The third-order valence-corrected chi connectivity index (χ3v) is 3.61. The van der Waals surface area contributed by atoms with Gasteiger partial charge in [-0.25, -0.2) is 4.99 Å². The third-order valence-electron chi connectivity index (χ3n) is 3.61. The van der Waals surface area contributed by atoms with Crippen LogP contribution in [0, 0.1) is 0 Å². The number of fused-ring (bicyclic) bond motifs is 1. The maximum Gasteiger partial charge on any atom is 0.191 e. The van der Waals surface area contributed by atoms with Gasteiger partial charge in [0.1, 0.15) is 11.3 Å². The number of guanidine groups is 1. The van der Waals surface area contributed by atoms with E-state index in [0.29, 0.717) is 6.54 Å². The van der Waals surface area contributed by atoms with Crippen molar-refractivity contribution >= 4 is 40.9 Å². The number of nitrogens with one attached hydrogen (secondary N) is 2. The molecule has 2 aromatic heterocycles. The van der Waals surface area contributed by atoms with Crippen LogP contribution in [0.1, 0.15) is 18.4 Å². The van der Waals surface area contributed by atoms with Crippen LogP contribution in [0.4, 0.5) is 0 Å². The molecule has 0 fully saturated rings. The van der Waals surface area contributed by atoms with Gasteiger partial charge in [-0.05, 0) is 31.2 Å². The van der Waals surface area contributed by atoms with Crippen LogP contribution >= 0.6 is 24.0 Å². The first kappa shape index (κ1) is 19.2. The fourth-order valence-corrected chi connectivity index (χ4v) is 2.46. The van der Waals surface area contributed by atoms with Gasteiger partial charge in [-0.2, -0.15) is 0 Å². The molecule has 0 saturated carbocycles. The van der Waals surface area contributed by atoms with Gasteiger partial charge in [0.2, 0.25) is 0 Å². The second-order valence-electron chi connectivity index (χ2n) is 5.44. The van der Waals surface area contributed by atoms with Crippen LogP contribution in [0.15, 0.2) is 64.1 Å². The molecule has 3 rings (SSSR count). The molecule has 2 N–H and O–H groups in total. The van der Waals surface area contributed by atoms with Crippen molar-refractivity contribution in [2.24, 2.45) is 4.99 Å². The van der Waals surface area contributed by atoms with Crippen molar-refractivity contribution in [3.63, 3.8) is 0 Å². The van der Waals surface area contributed by atoms with Crippen LogP contribution in [0.3, 0.4) is 0 Å². The number of furan rings is 1. The van der Waals surface area contributed by atoms with Crippen LogP contribution in [0.2, 0.25) is 0 Å². The average molecular weight is 450 g/mol. The summed E-state index contributed by atoms with van der Waals surface area (Å²) in [5.41, 5.74) is 1.88. The van der Waals surface area contributed by atoms with Gasteiger partial charge in [-0.3, -0.25) is 4.98 Å². The summed E-state index contributed by atoms with van der Waals surface area (Å²) in [5.74, 6) is 1.77. The summed E-state index contributed by atoms with van der Waals surface area (Å²) in [6.45, 7) is 4.19. The molecule has 0 bridgehead atoms. The lowest BCUT2D eigenvalue weighted by Gasteiger charge is -2.10. The van der Waals surface area contributed by atoms with Crippen LogP contribution < -0.4 is 10.6 Å². The van der Waals surface area contributed by atoms with E-state index in [2.05, 4.69) is 39.7 Å². The topological polar surface area (TPSA) is 62.5 Å². The predicted octanol–water partition coefficient (Wildman–Crippen LogP) is 3.74. The Labute approximate surface area is 165 Å². The zero-order valence-corrected chi connectivity index (χ0v) is 16.6. The molecule has 0 unspecified atom stereocenters. The van der Waals surface area contributed by atoms with Gasteiger partial charge in [-0.1, -0.05) is 24.3 Å². The molecule has 2 heterocycles. The van der Waals surface area contributed by atoms with Crippen molar-refractivity contribution in [2.75, 3.05) is 13.1 Å². The maximum atomic E-state index is 5.83. The van der Waals surface area contributed by atoms with E-state index in [0.717, 1.165) is 47.9 Å². The Morgan fingerprint density at radius 2 is 1.96 bits per heavy atom. The first-order chi connectivity index (χ1) is 11.8. The Morgan fingerprint density at radius 1 is 1.12 bits per heavy atom. The van der Waals surface area contributed by atoms with Crippen molar-refractivity contribution in [2.45, 2.75) is 19.9 Å². The summed E-state index contributed by atoms with van der Waals surface area (Å²) in [4.78, 5) is 8.84. The van der Waals surface area contributed by atoms with E-state index in [-0.39, 0.29) is 24.0 Å². The fourth-order valence-electron chi connectivity index (χ4n) is 2.46. The molecule has 0 spiro atoms. The first-order valence-corrected chi connectivity index (χ1v) is 8.24. The zero-order valence-electron chi connectivity index (χ0n) is 14.2. The normalized spacial score (nSPS) is 11.2. The molecule has 132 valence electrons. The lowest BCUT2D eigenvalue weighted by Crippen LogP contribution is -2.38. The smallest absolute Gasteiger partial charge is 0.191 e. The van der Waals surface area contributed by atoms with E-state index in [4.69, 9.17) is 4.42 Å². The van der Waals surface area contributed by atoms with E-state index in [1.54, 1.807) is 6.20 Å². The van der Waals surface area contributed by atoms with Gasteiger partial charge < -0.3 is 15.1 Å². The largest absolute Gasteiger partial charge is 0.461 e. The van der Waals surface area contributed by atoms with Crippen molar-refractivity contribution in [3.05, 3.63) is 66.2 Å². The summed E-state index contributed by atoms with van der Waals surface area (Å²) in [6.07, 6.45) is 2.59. The van der Waals surface area contributed by atoms with Gasteiger partial charge >= 0.3 is 0 Å². The lowest BCUT2D eigenvalue weighted by molar-refractivity contribution is 0.544. The number of benzene rings is 1. The van der Waals surface area contributed by atoms with Gasteiger partial charge in [0.15, 0.2) is 5.96 Å². The number of pyridine rings is 1. The third kappa shape index (κ3) is 5.74. The van der Waals surface area contributed by atoms with E-state index in [1.165, 1.54) is 0 Å². The highest BCUT2D eigenvalue weighted by atomic mass is 127. The molecular formula is C19H23IN4O. The van der Waals surface area contributed by atoms with E-state index >= 15 is 0 Å². The lowest BCUT2D eigenvalue weighted by atomic mass is 10.2. The van der Waals surface area contributed by atoms with Gasteiger partial charge in [0, 0.05) is 31.1 Å². The SMILES string of the molecule is CCNC(=NCc1ccccn1)NCCc1cc2ccccc2o1.I. The average Bonchev–Trinajstić information content (AvgIpc) is 3.03. The number of para-hydroxylation sites is 1. The van der Waals surface area contributed by atoms with Crippen LogP contribution in [0.5, 0.6) is 0 Å². The fraction of sp³-hybridized carbons (Fsp3) is 0.263. The Balaban J connectivity index is 0.00000225. The molecule has 0 atom stereocenters. The Kier molecular flexibility index (Phi) is 7.72. The molecule has 0 amide bonds. The maximum absolute atomic E-state index is 5.83. The molecule has 6 heteroatoms. The monoisotopic (exact) mass is 450 g/mol. The van der Waals surface area contributed by atoms with E-state index in [1.807, 2.05) is 36.4 Å². The van der Waals surface area contributed by atoms with Crippen molar-refractivity contribution in [3.8, 4) is 0 Å². The molecule has 0 aliphatic heterocycles. The number of hydrogen-bond acceptors (Lipinski definition) is 3. The Hall–Kier alpha value is -2.09. The summed E-state index contributed by atoms with van der Waals surface area (Å²) >= 11 is 0. The number of nitrogens with zero attached hydrogens (tertiary/aromatic N) is 2. The number of aliphatic imine (C=N–C) groups is 1. The summed E-state index contributed by atoms with van der Waals surface area (Å²) in [5, 5.41) is 7.72. The van der Waals surface area contributed by atoms with Crippen molar-refractivity contribution in [1.82, 2.24) is 15.6 Å².